The number of nitrogens with one attached hydrogen (secondary N) is 2. The smallest absolute Gasteiger partial charge is 0.265 e. The summed E-state index contributed by atoms with van der Waals surface area (Å²) in [7, 11) is 1.57. The first kappa shape index (κ1) is 22.5. The van der Waals surface area contributed by atoms with Crippen molar-refractivity contribution in [1.82, 2.24) is 4.90 Å². The number of anilines is 2. The number of ether oxygens (including phenoxy) is 1. The molecule has 8 heteroatoms. The van der Waals surface area contributed by atoms with Crippen LogP contribution in [0.3, 0.4) is 0 Å². The highest BCUT2D eigenvalue weighted by Crippen LogP contribution is 2.27. The molecule has 0 radical (unpaired) electrons. The van der Waals surface area contributed by atoms with Crippen molar-refractivity contribution in [3.05, 3.63) is 76.5 Å². The van der Waals surface area contributed by atoms with Crippen molar-refractivity contribution in [2.24, 2.45) is 5.92 Å². The first-order chi connectivity index (χ1) is 16.1. The Morgan fingerprint density at radius 2 is 1.61 bits per heavy atom. The van der Waals surface area contributed by atoms with Gasteiger partial charge in [0.05, 0.1) is 28.9 Å². The van der Waals surface area contributed by atoms with E-state index in [1.807, 2.05) is 23.6 Å². The number of nitrogens with zero attached hydrogens (tertiary/aromatic N) is 1. The summed E-state index contributed by atoms with van der Waals surface area (Å²) in [5.74, 6) is -0.0414. The molecule has 1 fully saturated rings. The minimum Gasteiger partial charge on any atom is -0.495 e. The van der Waals surface area contributed by atoms with Gasteiger partial charge in [0.15, 0.2) is 0 Å². The normalized spacial score (nSPS) is 13.9. The maximum Gasteiger partial charge on any atom is 0.265 e. The van der Waals surface area contributed by atoms with Gasteiger partial charge in [0.1, 0.15) is 5.75 Å². The molecule has 170 valence electrons. The topological polar surface area (TPSA) is 87.7 Å². The highest BCUT2D eigenvalue weighted by molar-refractivity contribution is 7.12. The number of hydrogen-bond donors (Lipinski definition) is 2. The molecule has 7 nitrogen and oxygen atoms in total. The van der Waals surface area contributed by atoms with Crippen LogP contribution in [0.2, 0.25) is 0 Å². The van der Waals surface area contributed by atoms with Crippen LogP contribution in [-0.4, -0.2) is 42.8 Å². The van der Waals surface area contributed by atoms with Crippen molar-refractivity contribution in [2.75, 3.05) is 30.8 Å². The summed E-state index contributed by atoms with van der Waals surface area (Å²) in [6, 6.07) is 17.8. The molecule has 0 saturated carbocycles. The predicted molar refractivity (Wildman–Crippen MR) is 129 cm³/mol. The Morgan fingerprint density at radius 1 is 0.909 bits per heavy atom. The van der Waals surface area contributed by atoms with E-state index >= 15 is 0 Å². The standard InChI is InChI=1S/C25H25N3O4S/c1-32-21-10-5-4-9-20(21)27-23(29)17-12-14-28(15-13-17)25(31)18-7-2-3-8-19(18)26-24(30)22-11-6-16-33-22/h2-11,16-17H,12-15H2,1H3,(H,26,30)(H,27,29). The van der Waals surface area contributed by atoms with Crippen molar-refractivity contribution in [3.63, 3.8) is 0 Å². The second-order valence-electron chi connectivity index (χ2n) is 7.73. The Kier molecular flexibility index (Phi) is 7.04. The van der Waals surface area contributed by atoms with Crippen LogP contribution in [-0.2, 0) is 4.79 Å². The zero-order chi connectivity index (χ0) is 23.2. The average molecular weight is 464 g/mol. The van der Waals surface area contributed by atoms with Gasteiger partial charge in [0, 0.05) is 19.0 Å². The number of rotatable bonds is 6. The van der Waals surface area contributed by atoms with Crippen LogP contribution in [0.1, 0.15) is 32.9 Å². The summed E-state index contributed by atoms with van der Waals surface area (Å²) in [4.78, 5) is 40.7. The molecule has 0 atom stereocenters. The van der Waals surface area contributed by atoms with Crippen molar-refractivity contribution in [1.29, 1.82) is 0 Å². The maximum atomic E-state index is 13.2. The second-order valence-corrected chi connectivity index (χ2v) is 8.68. The molecule has 2 aromatic carbocycles. The lowest BCUT2D eigenvalue weighted by Crippen LogP contribution is -2.41. The summed E-state index contributed by atoms with van der Waals surface area (Å²) in [6.45, 7) is 0.937. The number of likely N-dealkylation sites (tertiary alicyclic amines) is 1. The molecule has 2 N–H and O–H groups in total. The lowest BCUT2D eigenvalue weighted by Gasteiger charge is -2.32. The van der Waals surface area contributed by atoms with E-state index in [0.29, 0.717) is 53.5 Å². The van der Waals surface area contributed by atoms with Crippen LogP contribution in [0.5, 0.6) is 5.75 Å². The Morgan fingerprint density at radius 3 is 2.30 bits per heavy atom. The third kappa shape index (κ3) is 5.23. The fourth-order valence-electron chi connectivity index (χ4n) is 3.87. The van der Waals surface area contributed by atoms with Crippen LogP contribution in [0.25, 0.3) is 0 Å². The third-order valence-electron chi connectivity index (χ3n) is 5.67. The molecule has 0 aliphatic carbocycles. The lowest BCUT2D eigenvalue weighted by molar-refractivity contribution is -0.121. The van der Waals surface area contributed by atoms with Crippen molar-refractivity contribution < 1.29 is 19.1 Å². The van der Waals surface area contributed by atoms with Crippen LogP contribution in [0.15, 0.2) is 66.0 Å². The Labute approximate surface area is 196 Å². The largest absolute Gasteiger partial charge is 0.495 e. The molecule has 0 bridgehead atoms. The third-order valence-corrected chi connectivity index (χ3v) is 6.54. The number of benzene rings is 2. The molecule has 1 aromatic heterocycles. The summed E-state index contributed by atoms with van der Waals surface area (Å²) in [5, 5.41) is 7.62. The van der Waals surface area contributed by atoms with Crippen LogP contribution in [0.4, 0.5) is 11.4 Å². The highest BCUT2D eigenvalue weighted by atomic mass is 32.1. The van der Waals surface area contributed by atoms with Gasteiger partial charge >= 0.3 is 0 Å². The van der Waals surface area contributed by atoms with Crippen LogP contribution in [0, 0.1) is 5.92 Å². The van der Waals surface area contributed by atoms with Gasteiger partial charge in [0.25, 0.3) is 11.8 Å². The van der Waals surface area contributed by atoms with E-state index in [-0.39, 0.29) is 23.6 Å². The maximum absolute atomic E-state index is 13.2. The minimum absolute atomic E-state index is 0.0739. The number of thiophene rings is 1. The quantitative estimate of drug-likeness (QED) is 0.563. The van der Waals surface area contributed by atoms with E-state index in [2.05, 4.69) is 10.6 Å². The van der Waals surface area contributed by atoms with Gasteiger partial charge < -0.3 is 20.3 Å². The molecule has 4 rings (SSSR count). The first-order valence-corrected chi connectivity index (χ1v) is 11.6. The molecule has 3 aromatic rings. The highest BCUT2D eigenvalue weighted by Gasteiger charge is 2.29. The van der Waals surface area contributed by atoms with Gasteiger partial charge in [-0.3, -0.25) is 14.4 Å². The van der Waals surface area contributed by atoms with E-state index < -0.39 is 0 Å². The Hall–Kier alpha value is -3.65. The van der Waals surface area contributed by atoms with Crippen molar-refractivity contribution in [2.45, 2.75) is 12.8 Å². The van der Waals surface area contributed by atoms with Crippen molar-refractivity contribution in [3.8, 4) is 5.75 Å². The molecular weight excluding hydrogens is 438 g/mol. The number of methoxy groups -OCH3 is 1. The van der Waals surface area contributed by atoms with Crippen LogP contribution >= 0.6 is 11.3 Å². The molecule has 1 saturated heterocycles. The van der Waals surface area contributed by atoms with Gasteiger partial charge in [-0.1, -0.05) is 30.3 Å². The van der Waals surface area contributed by atoms with Gasteiger partial charge in [-0.25, -0.2) is 0 Å². The van der Waals surface area contributed by atoms with E-state index in [9.17, 15) is 14.4 Å². The molecule has 1 aliphatic rings. The molecule has 2 heterocycles. The van der Waals surface area contributed by atoms with E-state index in [0.717, 1.165) is 0 Å². The van der Waals surface area contributed by atoms with Gasteiger partial charge in [-0.05, 0) is 48.6 Å². The number of carbonyl (C=O) groups excluding carboxylic acids is 3. The summed E-state index contributed by atoms with van der Waals surface area (Å²) >= 11 is 1.35. The molecule has 1 aliphatic heterocycles. The first-order valence-electron chi connectivity index (χ1n) is 10.7. The summed E-state index contributed by atoms with van der Waals surface area (Å²) in [5.41, 5.74) is 1.56. The number of piperidine rings is 1. The summed E-state index contributed by atoms with van der Waals surface area (Å²) < 4.78 is 5.30. The van der Waals surface area contributed by atoms with Gasteiger partial charge in [-0.2, -0.15) is 0 Å². The Bertz CT molecular complexity index is 1140. The average Bonchev–Trinajstić information content (AvgIpc) is 3.40. The second kappa shape index (κ2) is 10.3. The minimum atomic E-state index is -0.239. The zero-order valence-corrected chi connectivity index (χ0v) is 19.1. The van der Waals surface area contributed by atoms with Crippen LogP contribution < -0.4 is 15.4 Å². The van der Waals surface area contributed by atoms with Gasteiger partial charge in [-0.15, -0.1) is 11.3 Å². The molecule has 3 amide bonds. The fraction of sp³-hybridized carbons (Fsp3) is 0.240. The van der Waals surface area contributed by atoms with E-state index in [4.69, 9.17) is 4.74 Å². The summed E-state index contributed by atoms with van der Waals surface area (Å²) in [6.07, 6.45) is 1.13. The molecule has 33 heavy (non-hydrogen) atoms. The number of para-hydroxylation sites is 3. The monoisotopic (exact) mass is 463 g/mol. The number of carbonyl (C=O) groups is 3. The fourth-order valence-corrected chi connectivity index (χ4v) is 4.49. The molecule has 0 spiro atoms. The molecule has 0 unspecified atom stereocenters. The Balaban J connectivity index is 1.38. The zero-order valence-electron chi connectivity index (χ0n) is 18.2. The van der Waals surface area contributed by atoms with Gasteiger partial charge in [0.2, 0.25) is 5.91 Å². The van der Waals surface area contributed by atoms with Crippen molar-refractivity contribution >= 4 is 40.4 Å². The van der Waals surface area contributed by atoms with E-state index in [1.54, 1.807) is 54.5 Å². The number of hydrogen-bond acceptors (Lipinski definition) is 5. The number of amides is 3. The molecular formula is C25H25N3O4S. The lowest BCUT2D eigenvalue weighted by atomic mass is 9.95. The SMILES string of the molecule is COc1ccccc1NC(=O)C1CCN(C(=O)c2ccccc2NC(=O)c2cccs2)CC1. The predicted octanol–water partition coefficient (Wildman–Crippen LogP) is 4.50. The van der Waals surface area contributed by atoms with E-state index in [1.165, 1.54) is 11.3 Å².